The molecule has 2 heterocycles. The lowest BCUT2D eigenvalue weighted by Crippen LogP contribution is -2.21. The maximum absolute atomic E-state index is 12.8. The highest BCUT2D eigenvalue weighted by atomic mass is 127. The van der Waals surface area contributed by atoms with Crippen LogP contribution in [0.15, 0.2) is 54.6 Å². The summed E-state index contributed by atoms with van der Waals surface area (Å²) >= 11 is 2.23. The number of hydrogen-bond donors (Lipinski definition) is 1. The number of ether oxygens (including phenoxy) is 1. The van der Waals surface area contributed by atoms with Gasteiger partial charge in [0.2, 0.25) is 5.95 Å². The van der Waals surface area contributed by atoms with Gasteiger partial charge in [-0.2, -0.15) is 13.5 Å². The van der Waals surface area contributed by atoms with Crippen molar-refractivity contribution in [3.8, 4) is 5.75 Å². The van der Waals surface area contributed by atoms with Gasteiger partial charge in [0.25, 0.3) is 0 Å². The number of fused-ring (bicyclic) bond motifs is 1. The summed E-state index contributed by atoms with van der Waals surface area (Å²) in [6, 6.07) is 14.1. The van der Waals surface area contributed by atoms with Crippen LogP contribution in [0.3, 0.4) is 0 Å². The lowest BCUT2D eigenvalue weighted by Gasteiger charge is -2.24. The number of allylic oxidation sites excluding steroid dienone is 1. The van der Waals surface area contributed by atoms with Gasteiger partial charge in [0.05, 0.1) is 0 Å². The Morgan fingerprint density at radius 3 is 2.65 bits per heavy atom. The first-order valence-electron chi connectivity index (χ1n) is 7.68. The molecule has 26 heavy (non-hydrogen) atoms. The van der Waals surface area contributed by atoms with Crippen LogP contribution in [0.5, 0.6) is 5.75 Å². The molecule has 6 nitrogen and oxygen atoms in total. The molecule has 0 amide bonds. The van der Waals surface area contributed by atoms with Crippen molar-refractivity contribution in [1.29, 1.82) is 0 Å². The first-order chi connectivity index (χ1) is 12.6. The third-order valence-electron chi connectivity index (χ3n) is 3.94. The van der Waals surface area contributed by atoms with E-state index in [0.717, 1.165) is 14.8 Å². The zero-order valence-corrected chi connectivity index (χ0v) is 15.3. The van der Waals surface area contributed by atoms with E-state index in [1.54, 1.807) is 18.2 Å². The summed E-state index contributed by atoms with van der Waals surface area (Å²) < 4.78 is 32.9. The molecule has 0 saturated carbocycles. The number of rotatable bonds is 4. The van der Waals surface area contributed by atoms with E-state index in [0.29, 0.717) is 11.5 Å². The van der Waals surface area contributed by atoms with Crippen LogP contribution in [0.4, 0.5) is 14.7 Å². The van der Waals surface area contributed by atoms with E-state index < -0.39 is 12.7 Å². The molecule has 1 atom stereocenters. The van der Waals surface area contributed by atoms with Crippen molar-refractivity contribution in [3.63, 3.8) is 0 Å². The number of tetrazole rings is 1. The van der Waals surface area contributed by atoms with Crippen LogP contribution in [0.2, 0.25) is 0 Å². The number of nitrogens with one attached hydrogen (secondary N) is 1. The minimum absolute atomic E-state index is 0.0917. The number of anilines is 1. The van der Waals surface area contributed by atoms with Gasteiger partial charge < -0.3 is 10.1 Å². The number of alkyl halides is 2. The van der Waals surface area contributed by atoms with Crippen molar-refractivity contribution in [3.05, 3.63) is 69.3 Å². The second-order valence-electron chi connectivity index (χ2n) is 5.52. The Bertz CT molecular complexity index is 958. The molecule has 132 valence electrons. The maximum Gasteiger partial charge on any atom is 0.387 e. The van der Waals surface area contributed by atoms with Crippen LogP contribution in [-0.4, -0.2) is 26.8 Å². The van der Waals surface area contributed by atoms with Gasteiger partial charge in [-0.1, -0.05) is 35.4 Å². The molecule has 1 aliphatic heterocycles. The first kappa shape index (κ1) is 16.9. The number of benzene rings is 2. The van der Waals surface area contributed by atoms with Gasteiger partial charge in [0.15, 0.2) is 0 Å². The lowest BCUT2D eigenvalue weighted by molar-refractivity contribution is -0.0506. The molecule has 0 spiro atoms. The SMILES string of the molecule is FC(F)Oc1ccccc1C1C=C(c2ccc(I)cc2)Nc2nnnn21. The molecule has 1 aromatic heterocycles. The minimum Gasteiger partial charge on any atom is -0.434 e. The Morgan fingerprint density at radius 2 is 1.88 bits per heavy atom. The molecule has 9 heteroatoms. The minimum atomic E-state index is -2.91. The molecule has 1 N–H and O–H groups in total. The van der Waals surface area contributed by atoms with Crippen LogP contribution < -0.4 is 10.1 Å². The van der Waals surface area contributed by atoms with E-state index in [2.05, 4.69) is 48.2 Å². The molecule has 4 rings (SSSR count). The number of para-hydroxylation sites is 1. The van der Waals surface area contributed by atoms with Crippen molar-refractivity contribution >= 4 is 34.2 Å². The zero-order valence-electron chi connectivity index (χ0n) is 13.2. The summed E-state index contributed by atoms with van der Waals surface area (Å²) in [5.74, 6) is 0.520. The topological polar surface area (TPSA) is 64.9 Å². The highest BCUT2D eigenvalue weighted by molar-refractivity contribution is 14.1. The molecule has 0 bridgehead atoms. The van der Waals surface area contributed by atoms with Crippen LogP contribution in [0.1, 0.15) is 17.2 Å². The summed E-state index contributed by atoms with van der Waals surface area (Å²) in [4.78, 5) is 0. The Morgan fingerprint density at radius 1 is 1.12 bits per heavy atom. The van der Waals surface area contributed by atoms with Gasteiger partial charge in [0, 0.05) is 14.8 Å². The summed E-state index contributed by atoms with van der Waals surface area (Å²) in [5.41, 5.74) is 2.28. The lowest BCUT2D eigenvalue weighted by atomic mass is 10.0. The van der Waals surface area contributed by atoms with Gasteiger partial charge in [0.1, 0.15) is 11.8 Å². The fourth-order valence-electron chi connectivity index (χ4n) is 2.80. The predicted octanol–water partition coefficient (Wildman–Crippen LogP) is 3.94. The van der Waals surface area contributed by atoms with Crippen molar-refractivity contribution in [1.82, 2.24) is 20.2 Å². The number of aromatic nitrogens is 4. The molecule has 0 fully saturated rings. The Hall–Kier alpha value is -2.56. The van der Waals surface area contributed by atoms with E-state index in [1.165, 1.54) is 10.7 Å². The largest absolute Gasteiger partial charge is 0.434 e. The molecular formula is C17H12F2IN5O. The van der Waals surface area contributed by atoms with E-state index in [-0.39, 0.29) is 5.75 Å². The number of halogens is 3. The molecular weight excluding hydrogens is 455 g/mol. The predicted molar refractivity (Wildman–Crippen MR) is 99.8 cm³/mol. The van der Waals surface area contributed by atoms with Crippen molar-refractivity contribution < 1.29 is 13.5 Å². The molecule has 3 aromatic rings. The van der Waals surface area contributed by atoms with Crippen LogP contribution in [0.25, 0.3) is 5.70 Å². The van der Waals surface area contributed by atoms with Crippen LogP contribution in [0, 0.1) is 3.57 Å². The highest BCUT2D eigenvalue weighted by Gasteiger charge is 2.27. The van der Waals surface area contributed by atoms with E-state index in [9.17, 15) is 8.78 Å². The highest BCUT2D eigenvalue weighted by Crippen LogP contribution is 2.36. The van der Waals surface area contributed by atoms with Gasteiger partial charge in [-0.15, -0.1) is 0 Å². The maximum atomic E-state index is 12.8. The van der Waals surface area contributed by atoms with E-state index >= 15 is 0 Å². The average Bonchev–Trinajstić information content (AvgIpc) is 3.10. The zero-order chi connectivity index (χ0) is 18.1. The van der Waals surface area contributed by atoms with E-state index in [4.69, 9.17) is 0 Å². The van der Waals surface area contributed by atoms with Crippen molar-refractivity contribution in [2.24, 2.45) is 0 Å². The van der Waals surface area contributed by atoms with Gasteiger partial charge in [-0.25, -0.2) is 0 Å². The monoisotopic (exact) mass is 467 g/mol. The van der Waals surface area contributed by atoms with Crippen molar-refractivity contribution in [2.75, 3.05) is 5.32 Å². The van der Waals surface area contributed by atoms with Gasteiger partial charge in [-0.3, -0.25) is 0 Å². The normalized spacial score (nSPS) is 16.0. The second kappa shape index (κ2) is 6.98. The third-order valence-corrected chi connectivity index (χ3v) is 4.66. The molecule has 2 aromatic carbocycles. The van der Waals surface area contributed by atoms with E-state index in [1.807, 2.05) is 30.3 Å². The summed E-state index contributed by atoms with van der Waals surface area (Å²) in [6.45, 7) is -2.91. The molecule has 0 aliphatic carbocycles. The molecule has 1 unspecified atom stereocenters. The Balaban J connectivity index is 1.81. The Labute approximate surface area is 161 Å². The fraction of sp³-hybridized carbons (Fsp3) is 0.118. The van der Waals surface area contributed by atoms with Crippen molar-refractivity contribution in [2.45, 2.75) is 12.7 Å². The first-order valence-corrected chi connectivity index (χ1v) is 8.76. The second-order valence-corrected chi connectivity index (χ2v) is 6.77. The fourth-order valence-corrected chi connectivity index (χ4v) is 3.16. The average molecular weight is 467 g/mol. The third kappa shape index (κ3) is 3.26. The smallest absolute Gasteiger partial charge is 0.387 e. The quantitative estimate of drug-likeness (QED) is 0.590. The summed E-state index contributed by atoms with van der Waals surface area (Å²) in [6.07, 6.45) is 1.89. The Kier molecular flexibility index (Phi) is 4.53. The number of hydrogen-bond acceptors (Lipinski definition) is 5. The molecule has 0 saturated heterocycles. The molecule has 1 aliphatic rings. The van der Waals surface area contributed by atoms with Gasteiger partial charge in [-0.05, 0) is 62.9 Å². The standard InChI is InChI=1S/C17H12F2IN5O/c18-16(19)26-15-4-2-1-3-12(15)14-9-13(10-5-7-11(20)8-6-10)21-17-22-23-24-25(14)17/h1-9,14,16H,(H,21,22,24). The number of nitrogens with zero attached hydrogens (tertiary/aromatic N) is 4. The molecule has 0 radical (unpaired) electrons. The van der Waals surface area contributed by atoms with Crippen LogP contribution in [-0.2, 0) is 0 Å². The van der Waals surface area contributed by atoms with Crippen LogP contribution >= 0.6 is 22.6 Å². The van der Waals surface area contributed by atoms with Gasteiger partial charge >= 0.3 is 6.61 Å². The summed E-state index contributed by atoms with van der Waals surface area (Å²) in [7, 11) is 0. The summed E-state index contributed by atoms with van der Waals surface area (Å²) in [5, 5.41) is 14.8.